The van der Waals surface area contributed by atoms with Crippen LogP contribution in [0.3, 0.4) is 0 Å². The van der Waals surface area contributed by atoms with Gasteiger partial charge in [-0.3, -0.25) is 0 Å². The lowest BCUT2D eigenvalue weighted by atomic mass is 10.1. The number of hydrogen-bond acceptors (Lipinski definition) is 2. The fourth-order valence-corrected chi connectivity index (χ4v) is 1.81. The van der Waals surface area contributed by atoms with Gasteiger partial charge in [-0.25, -0.2) is 0 Å². The van der Waals surface area contributed by atoms with Crippen LogP contribution in [0.25, 0.3) is 0 Å². The second kappa shape index (κ2) is 6.06. The number of nitrogens with two attached hydrogens (primary N) is 1. The molecule has 2 heteroatoms. The molecule has 0 saturated carbocycles. The van der Waals surface area contributed by atoms with Gasteiger partial charge in [0.25, 0.3) is 0 Å². The second-order valence-corrected chi connectivity index (χ2v) is 4.16. The molecule has 0 atom stereocenters. The Morgan fingerprint density at radius 3 is 2.41 bits per heavy atom. The Balaban J connectivity index is 1.73. The summed E-state index contributed by atoms with van der Waals surface area (Å²) in [7, 11) is 0. The molecule has 0 saturated heterocycles. The summed E-state index contributed by atoms with van der Waals surface area (Å²) in [6.45, 7) is 1.86. The average Bonchev–Trinajstić information content (AvgIpc) is 2.36. The summed E-state index contributed by atoms with van der Waals surface area (Å²) >= 11 is 0. The van der Waals surface area contributed by atoms with Crippen LogP contribution in [0.2, 0.25) is 0 Å². The fraction of sp³-hybridized carbons (Fsp3) is 0.200. The molecule has 0 aliphatic rings. The number of rotatable bonds is 5. The molecule has 0 heterocycles. The molecule has 2 aromatic carbocycles. The van der Waals surface area contributed by atoms with E-state index in [4.69, 9.17) is 5.73 Å². The summed E-state index contributed by atoms with van der Waals surface area (Å²) in [6, 6.07) is 18.5. The molecule has 2 nitrogen and oxygen atoms in total. The lowest BCUT2D eigenvalue weighted by molar-refractivity contribution is 0.687. The minimum Gasteiger partial charge on any atom is -0.399 e. The number of hydrogen-bond donors (Lipinski definition) is 2. The van der Waals surface area contributed by atoms with Crippen molar-refractivity contribution in [3.8, 4) is 0 Å². The van der Waals surface area contributed by atoms with Crippen LogP contribution in [-0.4, -0.2) is 6.54 Å². The highest BCUT2D eigenvalue weighted by Gasteiger charge is 1.94. The Kier molecular flexibility index (Phi) is 4.17. The first-order valence-electron chi connectivity index (χ1n) is 5.93. The monoisotopic (exact) mass is 226 g/mol. The minimum absolute atomic E-state index is 0.826. The van der Waals surface area contributed by atoms with Crippen LogP contribution in [0.5, 0.6) is 0 Å². The normalized spacial score (nSPS) is 10.4. The van der Waals surface area contributed by atoms with E-state index in [1.54, 1.807) is 0 Å². The Hall–Kier alpha value is -1.80. The standard InChI is InChI=1S/C15H18N2/c16-15-8-4-7-14(11-15)12-17-10-9-13-5-2-1-3-6-13/h1-8,11,17H,9-10,12,16H2. The molecule has 0 fully saturated rings. The molecule has 0 spiro atoms. The Morgan fingerprint density at radius 1 is 0.882 bits per heavy atom. The van der Waals surface area contributed by atoms with Crippen molar-refractivity contribution in [2.45, 2.75) is 13.0 Å². The Morgan fingerprint density at radius 2 is 1.65 bits per heavy atom. The maximum absolute atomic E-state index is 5.73. The first-order chi connectivity index (χ1) is 8.34. The summed E-state index contributed by atoms with van der Waals surface area (Å²) < 4.78 is 0. The van der Waals surface area contributed by atoms with Gasteiger partial charge in [0.15, 0.2) is 0 Å². The summed E-state index contributed by atoms with van der Waals surface area (Å²) in [6.07, 6.45) is 1.06. The van der Waals surface area contributed by atoms with E-state index in [-0.39, 0.29) is 0 Å². The van der Waals surface area contributed by atoms with E-state index in [0.717, 1.165) is 25.2 Å². The van der Waals surface area contributed by atoms with E-state index >= 15 is 0 Å². The van der Waals surface area contributed by atoms with E-state index in [1.807, 2.05) is 24.3 Å². The molecule has 0 aliphatic carbocycles. The predicted octanol–water partition coefficient (Wildman–Crippen LogP) is 2.60. The number of nitrogen functional groups attached to an aromatic ring is 1. The molecule has 0 unspecified atom stereocenters. The van der Waals surface area contributed by atoms with Crippen molar-refractivity contribution >= 4 is 5.69 Å². The maximum Gasteiger partial charge on any atom is 0.0317 e. The van der Waals surface area contributed by atoms with Crippen LogP contribution in [0, 0.1) is 0 Å². The average molecular weight is 226 g/mol. The minimum atomic E-state index is 0.826. The van der Waals surface area contributed by atoms with Crippen molar-refractivity contribution in [1.82, 2.24) is 5.32 Å². The van der Waals surface area contributed by atoms with Crippen LogP contribution in [-0.2, 0) is 13.0 Å². The van der Waals surface area contributed by atoms with Gasteiger partial charge in [0.1, 0.15) is 0 Å². The van der Waals surface area contributed by atoms with Gasteiger partial charge < -0.3 is 11.1 Å². The van der Waals surface area contributed by atoms with Gasteiger partial charge in [-0.1, -0.05) is 42.5 Å². The molecule has 0 radical (unpaired) electrons. The van der Waals surface area contributed by atoms with Gasteiger partial charge in [-0.2, -0.15) is 0 Å². The lowest BCUT2D eigenvalue weighted by Crippen LogP contribution is -2.16. The molecule has 0 aliphatic heterocycles. The third-order valence-corrected chi connectivity index (χ3v) is 2.71. The summed E-state index contributed by atoms with van der Waals surface area (Å²) in [5.74, 6) is 0. The third kappa shape index (κ3) is 3.93. The quantitative estimate of drug-likeness (QED) is 0.607. The van der Waals surface area contributed by atoms with Crippen molar-refractivity contribution < 1.29 is 0 Å². The van der Waals surface area contributed by atoms with Crippen molar-refractivity contribution in [3.63, 3.8) is 0 Å². The van der Waals surface area contributed by atoms with Gasteiger partial charge in [0, 0.05) is 12.2 Å². The Labute approximate surface area is 102 Å². The maximum atomic E-state index is 5.73. The largest absolute Gasteiger partial charge is 0.399 e. The first kappa shape index (κ1) is 11.7. The number of nitrogens with one attached hydrogen (secondary N) is 1. The molecule has 2 aromatic rings. The van der Waals surface area contributed by atoms with Gasteiger partial charge in [-0.05, 0) is 36.2 Å². The first-order valence-corrected chi connectivity index (χ1v) is 5.93. The number of anilines is 1. The molecule has 0 aromatic heterocycles. The predicted molar refractivity (Wildman–Crippen MR) is 72.7 cm³/mol. The van der Waals surface area contributed by atoms with Gasteiger partial charge >= 0.3 is 0 Å². The van der Waals surface area contributed by atoms with Crippen molar-refractivity contribution in [2.75, 3.05) is 12.3 Å². The van der Waals surface area contributed by atoms with Gasteiger partial charge in [0.05, 0.1) is 0 Å². The molecule has 17 heavy (non-hydrogen) atoms. The molecular formula is C15H18N2. The van der Waals surface area contributed by atoms with Crippen LogP contribution in [0.1, 0.15) is 11.1 Å². The highest BCUT2D eigenvalue weighted by atomic mass is 14.8. The van der Waals surface area contributed by atoms with Crippen LogP contribution >= 0.6 is 0 Å². The topological polar surface area (TPSA) is 38.0 Å². The zero-order valence-corrected chi connectivity index (χ0v) is 9.89. The van der Waals surface area contributed by atoms with Crippen LogP contribution in [0.4, 0.5) is 5.69 Å². The van der Waals surface area contributed by atoms with E-state index in [2.05, 4.69) is 35.6 Å². The number of benzene rings is 2. The Bertz CT molecular complexity index is 451. The van der Waals surface area contributed by atoms with Gasteiger partial charge in [0.2, 0.25) is 0 Å². The molecular weight excluding hydrogens is 208 g/mol. The highest BCUT2D eigenvalue weighted by molar-refractivity contribution is 5.40. The highest BCUT2D eigenvalue weighted by Crippen LogP contribution is 2.06. The second-order valence-electron chi connectivity index (χ2n) is 4.16. The zero-order chi connectivity index (χ0) is 11.9. The summed E-state index contributed by atoms with van der Waals surface area (Å²) in [4.78, 5) is 0. The van der Waals surface area contributed by atoms with E-state index in [9.17, 15) is 0 Å². The summed E-state index contributed by atoms with van der Waals surface area (Å²) in [5.41, 5.74) is 9.15. The third-order valence-electron chi connectivity index (χ3n) is 2.71. The molecule has 3 N–H and O–H groups in total. The molecule has 0 bridgehead atoms. The van der Waals surface area contributed by atoms with Crippen molar-refractivity contribution in [3.05, 3.63) is 65.7 Å². The summed E-state index contributed by atoms with van der Waals surface area (Å²) in [5, 5.41) is 3.42. The fourth-order valence-electron chi connectivity index (χ4n) is 1.81. The van der Waals surface area contributed by atoms with Crippen molar-refractivity contribution in [1.29, 1.82) is 0 Å². The lowest BCUT2D eigenvalue weighted by Gasteiger charge is -2.05. The van der Waals surface area contributed by atoms with E-state index in [1.165, 1.54) is 11.1 Å². The van der Waals surface area contributed by atoms with Crippen LogP contribution in [0.15, 0.2) is 54.6 Å². The molecule has 0 amide bonds. The molecule has 88 valence electrons. The molecule has 2 rings (SSSR count). The van der Waals surface area contributed by atoms with E-state index < -0.39 is 0 Å². The smallest absolute Gasteiger partial charge is 0.0317 e. The van der Waals surface area contributed by atoms with Crippen LogP contribution < -0.4 is 11.1 Å². The van der Waals surface area contributed by atoms with Crippen molar-refractivity contribution in [2.24, 2.45) is 0 Å². The SMILES string of the molecule is Nc1cccc(CNCCc2ccccc2)c1. The zero-order valence-electron chi connectivity index (χ0n) is 9.89. The van der Waals surface area contributed by atoms with Gasteiger partial charge in [-0.15, -0.1) is 0 Å². The van der Waals surface area contributed by atoms with E-state index in [0.29, 0.717) is 0 Å².